The Kier molecular flexibility index (Phi) is 8.96. The highest BCUT2D eigenvalue weighted by atomic mass is 15.2. The van der Waals surface area contributed by atoms with Crippen LogP contribution >= 0.6 is 0 Å². The second-order valence-corrected chi connectivity index (χ2v) is 10.1. The Morgan fingerprint density at radius 2 is 1.81 bits per heavy atom. The van der Waals surface area contributed by atoms with Crippen LogP contribution in [0.25, 0.3) is 10.9 Å². The number of aromatic nitrogens is 2. The SMILES string of the molecule is Cc1cccc(N(CCC#N)CCNC2CCC(CNc3nc(N(C)C)c4ccccc4n3)CC2)c1. The van der Waals surface area contributed by atoms with Crippen LogP contribution in [0.2, 0.25) is 0 Å². The molecular weight excluding hydrogens is 446 g/mol. The van der Waals surface area contributed by atoms with Gasteiger partial charge in [-0.25, -0.2) is 4.98 Å². The molecule has 0 atom stereocenters. The molecule has 1 heterocycles. The fraction of sp³-hybridized carbons (Fsp3) is 0.483. The average Bonchev–Trinajstić information content (AvgIpc) is 2.89. The van der Waals surface area contributed by atoms with E-state index in [0.29, 0.717) is 24.3 Å². The van der Waals surface area contributed by atoms with E-state index in [4.69, 9.17) is 15.2 Å². The minimum Gasteiger partial charge on any atom is -0.369 e. The lowest BCUT2D eigenvalue weighted by Gasteiger charge is -2.31. The molecule has 1 saturated carbocycles. The van der Waals surface area contributed by atoms with Gasteiger partial charge in [0.05, 0.1) is 18.0 Å². The standard InChI is InChI=1S/C29H39N7/c1-22-8-6-9-25(20-22)36(18-7-16-30)19-17-31-24-14-12-23(13-15-24)21-32-29-33-27-11-5-4-10-26(27)28(34-29)35(2)3/h4-6,8-11,20,23-24,31H,7,12-15,17-19,21H2,1-3H3,(H,32,33,34). The third-order valence-corrected chi connectivity index (χ3v) is 7.08. The minimum absolute atomic E-state index is 0.545. The molecule has 0 amide bonds. The summed E-state index contributed by atoms with van der Waals surface area (Å²) in [7, 11) is 4.05. The highest BCUT2D eigenvalue weighted by Gasteiger charge is 2.21. The lowest BCUT2D eigenvalue weighted by Crippen LogP contribution is -2.40. The molecule has 36 heavy (non-hydrogen) atoms. The number of aryl methyl sites for hydroxylation is 1. The molecule has 1 aliphatic carbocycles. The van der Waals surface area contributed by atoms with Gasteiger partial charge in [-0.2, -0.15) is 10.2 Å². The lowest BCUT2D eigenvalue weighted by molar-refractivity contribution is 0.302. The van der Waals surface area contributed by atoms with Crippen molar-refractivity contribution in [2.24, 2.45) is 5.92 Å². The third kappa shape index (κ3) is 6.86. The van der Waals surface area contributed by atoms with Crippen LogP contribution in [0, 0.1) is 24.2 Å². The minimum atomic E-state index is 0.545. The van der Waals surface area contributed by atoms with E-state index >= 15 is 0 Å². The van der Waals surface area contributed by atoms with Gasteiger partial charge in [0.15, 0.2) is 0 Å². The zero-order valence-corrected chi connectivity index (χ0v) is 21.9. The maximum atomic E-state index is 9.06. The molecule has 1 fully saturated rings. The number of nitriles is 1. The molecule has 2 aromatic carbocycles. The number of nitrogens with zero attached hydrogens (tertiary/aromatic N) is 5. The van der Waals surface area contributed by atoms with E-state index in [-0.39, 0.29) is 0 Å². The van der Waals surface area contributed by atoms with Crippen molar-refractivity contribution in [3.05, 3.63) is 54.1 Å². The van der Waals surface area contributed by atoms with Crippen LogP contribution in [0.1, 0.15) is 37.7 Å². The molecule has 0 saturated heterocycles. The average molecular weight is 486 g/mol. The molecule has 4 rings (SSSR count). The number of rotatable bonds is 11. The highest BCUT2D eigenvalue weighted by Crippen LogP contribution is 2.27. The van der Waals surface area contributed by atoms with Crippen LogP contribution in [0.5, 0.6) is 0 Å². The lowest BCUT2D eigenvalue weighted by atomic mass is 9.86. The van der Waals surface area contributed by atoms with Crippen molar-refractivity contribution in [2.75, 3.05) is 55.4 Å². The first-order valence-corrected chi connectivity index (χ1v) is 13.1. The highest BCUT2D eigenvalue weighted by molar-refractivity contribution is 5.90. The predicted molar refractivity (Wildman–Crippen MR) is 150 cm³/mol. The van der Waals surface area contributed by atoms with E-state index in [2.05, 4.69) is 58.9 Å². The van der Waals surface area contributed by atoms with E-state index in [1.54, 1.807) is 0 Å². The first-order valence-electron chi connectivity index (χ1n) is 13.1. The summed E-state index contributed by atoms with van der Waals surface area (Å²) in [6.45, 7) is 5.65. The quantitative estimate of drug-likeness (QED) is 0.396. The monoisotopic (exact) mass is 485 g/mol. The number of anilines is 3. The van der Waals surface area contributed by atoms with Gasteiger partial charge in [0.1, 0.15) is 5.82 Å². The van der Waals surface area contributed by atoms with Gasteiger partial charge < -0.3 is 20.4 Å². The Hall–Kier alpha value is -3.37. The van der Waals surface area contributed by atoms with Crippen LogP contribution < -0.4 is 20.4 Å². The Morgan fingerprint density at radius 1 is 1.00 bits per heavy atom. The van der Waals surface area contributed by atoms with E-state index in [0.717, 1.165) is 42.9 Å². The molecule has 190 valence electrons. The Balaban J connectivity index is 1.23. The van der Waals surface area contributed by atoms with Gasteiger partial charge >= 0.3 is 0 Å². The second-order valence-electron chi connectivity index (χ2n) is 10.1. The van der Waals surface area contributed by atoms with E-state index in [9.17, 15) is 0 Å². The predicted octanol–water partition coefficient (Wildman–Crippen LogP) is 4.98. The maximum absolute atomic E-state index is 9.06. The van der Waals surface area contributed by atoms with Crippen LogP contribution in [-0.4, -0.2) is 56.3 Å². The summed E-state index contributed by atoms with van der Waals surface area (Å²) >= 11 is 0. The van der Waals surface area contributed by atoms with Gasteiger partial charge in [0.2, 0.25) is 5.95 Å². The van der Waals surface area contributed by atoms with Crippen molar-refractivity contribution in [1.29, 1.82) is 5.26 Å². The second kappa shape index (κ2) is 12.5. The van der Waals surface area contributed by atoms with Gasteiger partial charge in [0.25, 0.3) is 0 Å². The molecule has 0 spiro atoms. The molecule has 0 aliphatic heterocycles. The number of para-hydroxylation sites is 1. The first-order chi connectivity index (χ1) is 17.5. The van der Waals surface area contributed by atoms with Crippen LogP contribution in [0.15, 0.2) is 48.5 Å². The van der Waals surface area contributed by atoms with Gasteiger partial charge in [-0.05, 0) is 68.4 Å². The smallest absolute Gasteiger partial charge is 0.225 e. The van der Waals surface area contributed by atoms with Crippen molar-refractivity contribution in [2.45, 2.75) is 45.1 Å². The number of nitrogens with one attached hydrogen (secondary N) is 2. The van der Waals surface area contributed by atoms with Crippen molar-refractivity contribution in [1.82, 2.24) is 15.3 Å². The largest absolute Gasteiger partial charge is 0.369 e. The summed E-state index contributed by atoms with van der Waals surface area (Å²) in [6, 6.07) is 19.6. The van der Waals surface area contributed by atoms with Gasteiger partial charge in [-0.15, -0.1) is 0 Å². The first kappa shape index (κ1) is 25.7. The molecular formula is C29H39N7. The summed E-state index contributed by atoms with van der Waals surface area (Å²) in [4.78, 5) is 13.9. The van der Waals surface area contributed by atoms with Crippen molar-refractivity contribution in [3.8, 4) is 6.07 Å². The fourth-order valence-electron chi connectivity index (χ4n) is 5.07. The summed E-state index contributed by atoms with van der Waals surface area (Å²) in [6.07, 6.45) is 5.33. The van der Waals surface area contributed by atoms with Crippen molar-refractivity contribution in [3.63, 3.8) is 0 Å². The Labute approximate surface area is 215 Å². The molecule has 1 aromatic heterocycles. The third-order valence-electron chi connectivity index (χ3n) is 7.08. The van der Waals surface area contributed by atoms with E-state index in [1.807, 2.05) is 37.2 Å². The zero-order chi connectivity index (χ0) is 25.3. The van der Waals surface area contributed by atoms with Crippen molar-refractivity contribution >= 4 is 28.4 Å². The number of hydrogen-bond donors (Lipinski definition) is 2. The van der Waals surface area contributed by atoms with E-state index < -0.39 is 0 Å². The number of fused-ring (bicyclic) bond motifs is 1. The van der Waals surface area contributed by atoms with Gasteiger partial charge in [0, 0.05) is 57.4 Å². The number of hydrogen-bond acceptors (Lipinski definition) is 7. The Morgan fingerprint density at radius 3 is 2.56 bits per heavy atom. The summed E-state index contributed by atoms with van der Waals surface area (Å²) in [5, 5.41) is 17.4. The molecule has 0 unspecified atom stereocenters. The van der Waals surface area contributed by atoms with Gasteiger partial charge in [-0.1, -0.05) is 24.3 Å². The maximum Gasteiger partial charge on any atom is 0.225 e. The number of benzene rings is 2. The Bertz CT molecular complexity index is 1160. The van der Waals surface area contributed by atoms with E-state index in [1.165, 1.54) is 36.9 Å². The molecule has 7 nitrogen and oxygen atoms in total. The molecule has 0 radical (unpaired) electrons. The van der Waals surface area contributed by atoms with Crippen LogP contribution in [-0.2, 0) is 0 Å². The fourth-order valence-corrected chi connectivity index (χ4v) is 5.07. The van der Waals surface area contributed by atoms with Gasteiger partial charge in [-0.3, -0.25) is 0 Å². The zero-order valence-electron chi connectivity index (χ0n) is 21.9. The molecule has 7 heteroatoms. The van der Waals surface area contributed by atoms with Crippen LogP contribution in [0.3, 0.4) is 0 Å². The molecule has 3 aromatic rings. The molecule has 1 aliphatic rings. The molecule has 0 bridgehead atoms. The summed E-state index contributed by atoms with van der Waals surface area (Å²) in [5.74, 6) is 2.30. The molecule has 2 N–H and O–H groups in total. The topological polar surface area (TPSA) is 80.1 Å². The van der Waals surface area contributed by atoms with Crippen LogP contribution in [0.4, 0.5) is 17.5 Å². The summed E-state index contributed by atoms with van der Waals surface area (Å²) < 4.78 is 0. The normalized spacial score (nSPS) is 17.5. The van der Waals surface area contributed by atoms with Crippen molar-refractivity contribution < 1.29 is 0 Å². The summed E-state index contributed by atoms with van der Waals surface area (Å²) in [5.41, 5.74) is 3.43.